The molecular formula is C14H15BrN2O4. The highest BCUT2D eigenvalue weighted by atomic mass is 79.9. The van der Waals surface area contributed by atoms with Crippen LogP contribution in [0, 0.1) is 5.92 Å². The number of benzene rings is 1. The number of halogens is 1. The van der Waals surface area contributed by atoms with Gasteiger partial charge < -0.3 is 15.3 Å². The molecule has 7 heteroatoms. The molecule has 6 nitrogen and oxygen atoms in total. The van der Waals surface area contributed by atoms with Crippen LogP contribution in [0.15, 0.2) is 28.7 Å². The Kier molecular flexibility index (Phi) is 4.62. The topological polar surface area (TPSA) is 86.7 Å². The molecule has 1 saturated heterocycles. The van der Waals surface area contributed by atoms with E-state index >= 15 is 0 Å². The first kappa shape index (κ1) is 15.5. The lowest BCUT2D eigenvalue weighted by Gasteiger charge is -2.18. The van der Waals surface area contributed by atoms with Crippen LogP contribution in [0.1, 0.15) is 13.3 Å². The normalized spacial score (nSPS) is 19.4. The molecule has 1 aliphatic heterocycles. The SMILES string of the molecule is CC(NC(=O)C1CC(=O)N(c2ccccc2Br)C1)C(=O)O. The highest BCUT2D eigenvalue weighted by Gasteiger charge is 2.36. The molecule has 0 spiro atoms. The lowest BCUT2D eigenvalue weighted by Crippen LogP contribution is -2.42. The van der Waals surface area contributed by atoms with Crippen molar-refractivity contribution >= 4 is 39.4 Å². The van der Waals surface area contributed by atoms with Crippen molar-refractivity contribution in [2.75, 3.05) is 11.4 Å². The summed E-state index contributed by atoms with van der Waals surface area (Å²) in [6.07, 6.45) is 0.0828. The summed E-state index contributed by atoms with van der Waals surface area (Å²) in [6, 6.07) is 6.30. The molecule has 2 amide bonds. The second kappa shape index (κ2) is 6.26. The van der Waals surface area contributed by atoms with Gasteiger partial charge in [-0.2, -0.15) is 0 Å². The van der Waals surface area contributed by atoms with Crippen molar-refractivity contribution in [2.24, 2.45) is 5.92 Å². The second-order valence-corrected chi connectivity index (χ2v) is 5.78. The molecule has 112 valence electrons. The Morgan fingerprint density at radius 1 is 1.43 bits per heavy atom. The Balaban J connectivity index is 2.08. The van der Waals surface area contributed by atoms with Gasteiger partial charge >= 0.3 is 5.97 Å². The van der Waals surface area contributed by atoms with Crippen LogP contribution in [0.4, 0.5) is 5.69 Å². The van der Waals surface area contributed by atoms with E-state index in [1.165, 1.54) is 6.92 Å². The zero-order chi connectivity index (χ0) is 15.6. The number of carboxylic acid groups (broad SMARTS) is 1. The van der Waals surface area contributed by atoms with Crippen LogP contribution in [0.5, 0.6) is 0 Å². The van der Waals surface area contributed by atoms with E-state index < -0.39 is 23.8 Å². The summed E-state index contributed by atoms with van der Waals surface area (Å²) < 4.78 is 0.776. The van der Waals surface area contributed by atoms with Crippen molar-refractivity contribution in [3.63, 3.8) is 0 Å². The summed E-state index contributed by atoms with van der Waals surface area (Å²) in [6.45, 7) is 1.64. The van der Waals surface area contributed by atoms with E-state index in [2.05, 4.69) is 21.2 Å². The summed E-state index contributed by atoms with van der Waals surface area (Å²) >= 11 is 3.38. The fourth-order valence-corrected chi connectivity index (χ4v) is 2.68. The maximum atomic E-state index is 12.1. The minimum absolute atomic E-state index is 0.0828. The Morgan fingerprint density at radius 3 is 2.71 bits per heavy atom. The number of nitrogens with zero attached hydrogens (tertiary/aromatic N) is 1. The molecule has 1 aliphatic rings. The maximum absolute atomic E-state index is 12.1. The molecule has 0 saturated carbocycles. The predicted molar refractivity (Wildman–Crippen MR) is 79.8 cm³/mol. The summed E-state index contributed by atoms with van der Waals surface area (Å²) in [5.41, 5.74) is 0.712. The molecule has 1 heterocycles. The third-order valence-corrected chi connectivity index (χ3v) is 4.04. The van der Waals surface area contributed by atoms with Gasteiger partial charge in [-0.3, -0.25) is 14.4 Å². The highest BCUT2D eigenvalue weighted by Crippen LogP contribution is 2.31. The molecule has 1 aromatic rings. The third-order valence-electron chi connectivity index (χ3n) is 3.37. The first-order valence-electron chi connectivity index (χ1n) is 6.48. The number of para-hydroxylation sites is 1. The minimum Gasteiger partial charge on any atom is -0.480 e. The van der Waals surface area contributed by atoms with E-state index in [9.17, 15) is 14.4 Å². The van der Waals surface area contributed by atoms with Crippen LogP contribution in [0.25, 0.3) is 0 Å². The number of rotatable bonds is 4. The monoisotopic (exact) mass is 354 g/mol. The van der Waals surface area contributed by atoms with Gasteiger partial charge in [0.15, 0.2) is 0 Å². The van der Waals surface area contributed by atoms with Gasteiger partial charge in [0.1, 0.15) is 6.04 Å². The van der Waals surface area contributed by atoms with E-state index in [4.69, 9.17) is 5.11 Å². The van der Waals surface area contributed by atoms with Crippen molar-refractivity contribution in [3.05, 3.63) is 28.7 Å². The van der Waals surface area contributed by atoms with Gasteiger partial charge in [0.25, 0.3) is 0 Å². The number of hydrogen-bond donors (Lipinski definition) is 2. The smallest absolute Gasteiger partial charge is 0.325 e. The first-order valence-corrected chi connectivity index (χ1v) is 7.27. The van der Waals surface area contributed by atoms with Crippen molar-refractivity contribution in [2.45, 2.75) is 19.4 Å². The molecule has 2 unspecified atom stereocenters. The largest absolute Gasteiger partial charge is 0.480 e. The summed E-state index contributed by atoms with van der Waals surface area (Å²) in [7, 11) is 0. The van der Waals surface area contributed by atoms with Gasteiger partial charge in [0.2, 0.25) is 11.8 Å². The van der Waals surface area contributed by atoms with Crippen LogP contribution in [0.3, 0.4) is 0 Å². The Morgan fingerprint density at radius 2 is 2.10 bits per heavy atom. The van der Waals surface area contributed by atoms with Gasteiger partial charge in [0.05, 0.1) is 11.6 Å². The summed E-state index contributed by atoms with van der Waals surface area (Å²) in [4.78, 5) is 36.4. The van der Waals surface area contributed by atoms with E-state index in [1.807, 2.05) is 18.2 Å². The van der Waals surface area contributed by atoms with Gasteiger partial charge in [-0.1, -0.05) is 12.1 Å². The van der Waals surface area contributed by atoms with Crippen molar-refractivity contribution in [1.29, 1.82) is 0 Å². The summed E-state index contributed by atoms with van der Waals surface area (Å²) in [5.74, 6) is -2.19. The number of amides is 2. The van der Waals surface area contributed by atoms with Crippen LogP contribution in [0.2, 0.25) is 0 Å². The Bertz CT molecular complexity index is 590. The van der Waals surface area contributed by atoms with E-state index in [0.717, 1.165) is 4.47 Å². The molecule has 0 aromatic heterocycles. The number of aliphatic carboxylic acids is 1. The van der Waals surface area contributed by atoms with Crippen LogP contribution < -0.4 is 10.2 Å². The molecule has 2 rings (SSSR count). The minimum atomic E-state index is -1.10. The first-order chi connectivity index (χ1) is 9.90. The quantitative estimate of drug-likeness (QED) is 0.855. The molecule has 0 bridgehead atoms. The number of carboxylic acids is 1. The van der Waals surface area contributed by atoms with E-state index in [1.54, 1.807) is 11.0 Å². The third kappa shape index (κ3) is 3.41. The highest BCUT2D eigenvalue weighted by molar-refractivity contribution is 9.10. The maximum Gasteiger partial charge on any atom is 0.325 e. The Labute approximate surface area is 130 Å². The Hall–Kier alpha value is -1.89. The zero-order valence-electron chi connectivity index (χ0n) is 11.4. The fourth-order valence-electron chi connectivity index (χ4n) is 2.18. The average Bonchev–Trinajstić information content (AvgIpc) is 2.81. The molecule has 21 heavy (non-hydrogen) atoms. The number of carbonyl (C=O) groups is 3. The molecule has 2 N–H and O–H groups in total. The molecular weight excluding hydrogens is 340 g/mol. The standard InChI is InChI=1S/C14H15BrN2O4/c1-8(14(20)21)16-13(19)9-6-12(18)17(7-9)11-5-3-2-4-10(11)15/h2-5,8-9H,6-7H2,1H3,(H,16,19)(H,20,21). The molecule has 2 atom stereocenters. The molecule has 0 radical (unpaired) electrons. The summed E-state index contributed by atoms with van der Waals surface area (Å²) in [5, 5.41) is 11.2. The van der Waals surface area contributed by atoms with E-state index in [-0.39, 0.29) is 18.9 Å². The lowest BCUT2D eigenvalue weighted by atomic mass is 10.1. The fraction of sp³-hybridized carbons (Fsp3) is 0.357. The van der Waals surface area contributed by atoms with Gasteiger partial charge in [0, 0.05) is 17.4 Å². The van der Waals surface area contributed by atoms with Crippen LogP contribution >= 0.6 is 15.9 Å². The van der Waals surface area contributed by atoms with Gasteiger partial charge in [-0.05, 0) is 35.0 Å². The number of nitrogens with one attached hydrogen (secondary N) is 1. The average molecular weight is 355 g/mol. The van der Waals surface area contributed by atoms with Gasteiger partial charge in [-0.15, -0.1) is 0 Å². The number of carbonyl (C=O) groups excluding carboxylic acids is 2. The predicted octanol–water partition coefficient (Wildman–Crippen LogP) is 1.39. The van der Waals surface area contributed by atoms with Gasteiger partial charge in [-0.25, -0.2) is 0 Å². The van der Waals surface area contributed by atoms with Crippen LogP contribution in [-0.2, 0) is 14.4 Å². The number of hydrogen-bond acceptors (Lipinski definition) is 3. The van der Waals surface area contributed by atoms with Crippen molar-refractivity contribution in [1.82, 2.24) is 5.32 Å². The van der Waals surface area contributed by atoms with E-state index in [0.29, 0.717) is 5.69 Å². The molecule has 0 aliphatic carbocycles. The zero-order valence-corrected chi connectivity index (χ0v) is 13.0. The van der Waals surface area contributed by atoms with Crippen molar-refractivity contribution < 1.29 is 19.5 Å². The van der Waals surface area contributed by atoms with Crippen molar-refractivity contribution in [3.8, 4) is 0 Å². The second-order valence-electron chi connectivity index (χ2n) is 4.93. The lowest BCUT2D eigenvalue weighted by molar-refractivity contribution is -0.141. The molecule has 1 aromatic carbocycles. The molecule has 1 fully saturated rings. The number of anilines is 1. The van der Waals surface area contributed by atoms with Crippen LogP contribution in [-0.4, -0.2) is 35.5 Å².